The molecule has 0 saturated heterocycles. The van der Waals surface area contributed by atoms with Crippen molar-refractivity contribution >= 4 is 47.3 Å². The molecule has 0 unspecified atom stereocenters. The molecule has 1 amide bonds. The molecular weight excluding hydrogens is 627 g/mol. The number of nitrogens with zero attached hydrogens (tertiary/aromatic N) is 4. The van der Waals surface area contributed by atoms with Crippen molar-refractivity contribution in [3.05, 3.63) is 119 Å². The number of nitriles is 1. The highest BCUT2D eigenvalue weighted by Gasteiger charge is 2.24. The molecule has 0 fully saturated rings. The normalized spacial score (nSPS) is 11.8. The van der Waals surface area contributed by atoms with Gasteiger partial charge in [0, 0.05) is 43.3 Å². The number of rotatable bonds is 13. The van der Waals surface area contributed by atoms with Crippen LogP contribution in [0.1, 0.15) is 53.0 Å². The Morgan fingerprint density at radius 3 is 2.43 bits per heavy atom. The standard InChI is InChI=1S/C34H35FN6O3S.ClH/c1-3-23(2)31(39-32(42)16-30-18-37-22-41(30)20-25-9-7-24(17-36)8-10-25)21-40(19-26-11-13-27(14-12-26)33(43)44)34(45)38-29-6-4-5-28(35)15-29;/h4-15,18,22-23,31H,3,16,19-21H2,1-2H3,(H,38,45)(H,39,42)(H,43,44);1H/t23-,31+;/m0./s1. The Morgan fingerprint density at radius 1 is 1.11 bits per heavy atom. The Morgan fingerprint density at radius 2 is 1.80 bits per heavy atom. The number of hydrogen-bond acceptors (Lipinski definition) is 5. The van der Waals surface area contributed by atoms with E-state index in [0.29, 0.717) is 36.0 Å². The lowest BCUT2D eigenvalue weighted by molar-refractivity contribution is -0.121. The molecule has 0 bridgehead atoms. The van der Waals surface area contributed by atoms with Gasteiger partial charge in [0.25, 0.3) is 0 Å². The molecule has 12 heteroatoms. The zero-order chi connectivity index (χ0) is 32.3. The Labute approximate surface area is 279 Å². The molecule has 0 aliphatic carbocycles. The first-order chi connectivity index (χ1) is 21.6. The highest BCUT2D eigenvalue weighted by Crippen LogP contribution is 2.17. The van der Waals surface area contributed by atoms with Crippen molar-refractivity contribution in [2.24, 2.45) is 5.92 Å². The van der Waals surface area contributed by atoms with E-state index in [1.807, 2.05) is 21.6 Å². The van der Waals surface area contributed by atoms with Gasteiger partial charge in [-0.25, -0.2) is 14.2 Å². The lowest BCUT2D eigenvalue weighted by atomic mass is 9.98. The van der Waals surface area contributed by atoms with Crippen molar-refractivity contribution in [1.82, 2.24) is 19.8 Å². The van der Waals surface area contributed by atoms with Crippen LogP contribution in [0.5, 0.6) is 0 Å². The van der Waals surface area contributed by atoms with Crippen molar-refractivity contribution in [1.29, 1.82) is 5.26 Å². The van der Waals surface area contributed by atoms with Gasteiger partial charge in [-0.3, -0.25) is 4.79 Å². The molecule has 9 nitrogen and oxygen atoms in total. The fraction of sp³-hybridized carbons (Fsp3) is 0.265. The van der Waals surface area contributed by atoms with Crippen molar-refractivity contribution in [3.8, 4) is 6.07 Å². The fourth-order valence-electron chi connectivity index (χ4n) is 4.79. The van der Waals surface area contributed by atoms with E-state index in [-0.39, 0.29) is 42.3 Å². The van der Waals surface area contributed by atoms with Gasteiger partial charge in [-0.2, -0.15) is 5.26 Å². The third-order valence-electron chi connectivity index (χ3n) is 7.61. The van der Waals surface area contributed by atoms with Gasteiger partial charge in [0.2, 0.25) is 5.91 Å². The number of imidazole rings is 1. The molecule has 0 radical (unpaired) electrons. The Bertz CT molecular complexity index is 1670. The summed E-state index contributed by atoms with van der Waals surface area (Å²) in [5.74, 6) is -1.50. The van der Waals surface area contributed by atoms with Crippen LogP contribution in [0.2, 0.25) is 0 Å². The molecule has 4 rings (SSSR count). The van der Waals surface area contributed by atoms with E-state index in [0.717, 1.165) is 23.2 Å². The van der Waals surface area contributed by atoms with Gasteiger partial charge in [0.05, 0.1) is 29.9 Å². The predicted molar refractivity (Wildman–Crippen MR) is 181 cm³/mol. The van der Waals surface area contributed by atoms with Crippen LogP contribution in [0.4, 0.5) is 10.1 Å². The van der Waals surface area contributed by atoms with Gasteiger partial charge in [-0.05, 0) is 71.7 Å². The first kappa shape index (κ1) is 35.7. The van der Waals surface area contributed by atoms with Gasteiger partial charge >= 0.3 is 5.97 Å². The second-order valence-electron chi connectivity index (χ2n) is 10.9. The summed E-state index contributed by atoms with van der Waals surface area (Å²) >= 11 is 5.77. The molecule has 1 aromatic heterocycles. The average molecular weight is 663 g/mol. The molecule has 1 heterocycles. The van der Waals surface area contributed by atoms with Crippen LogP contribution in [0.3, 0.4) is 0 Å². The minimum Gasteiger partial charge on any atom is -0.478 e. The number of nitrogens with one attached hydrogen (secondary N) is 2. The summed E-state index contributed by atoms with van der Waals surface area (Å²) in [4.78, 5) is 30.9. The van der Waals surface area contributed by atoms with Gasteiger partial charge in [0.1, 0.15) is 5.82 Å². The number of aromatic carboxylic acids is 1. The minimum absolute atomic E-state index is 0. The van der Waals surface area contributed by atoms with E-state index in [1.54, 1.807) is 48.9 Å². The van der Waals surface area contributed by atoms with Crippen LogP contribution < -0.4 is 10.6 Å². The second-order valence-corrected chi connectivity index (χ2v) is 11.3. The predicted octanol–water partition coefficient (Wildman–Crippen LogP) is 6.03. The molecule has 3 aromatic carbocycles. The maximum absolute atomic E-state index is 13.9. The second kappa shape index (κ2) is 17.1. The zero-order valence-corrected chi connectivity index (χ0v) is 27.2. The third kappa shape index (κ3) is 10.1. The highest BCUT2D eigenvalue weighted by molar-refractivity contribution is 7.80. The number of halogens is 2. The van der Waals surface area contributed by atoms with Crippen LogP contribution in [-0.4, -0.2) is 49.1 Å². The summed E-state index contributed by atoms with van der Waals surface area (Å²) in [6.45, 7) is 5.31. The summed E-state index contributed by atoms with van der Waals surface area (Å²) in [5.41, 5.74) is 3.80. The smallest absolute Gasteiger partial charge is 0.335 e. The Hall–Kier alpha value is -4.79. The first-order valence-electron chi connectivity index (χ1n) is 14.6. The molecule has 0 spiro atoms. The van der Waals surface area contributed by atoms with Gasteiger partial charge in [0.15, 0.2) is 5.11 Å². The summed E-state index contributed by atoms with van der Waals surface area (Å²) in [7, 11) is 0. The highest BCUT2D eigenvalue weighted by atomic mass is 35.5. The number of thiocarbonyl (C=S) groups is 1. The van der Waals surface area contributed by atoms with Crippen LogP contribution in [0.15, 0.2) is 85.3 Å². The van der Waals surface area contributed by atoms with E-state index in [9.17, 15) is 19.1 Å². The SMILES string of the molecule is CC[C@H](C)[C@@H](CN(Cc1ccc(C(=O)O)cc1)C(=S)Nc1cccc(F)c1)NC(=O)Cc1cncn1Cc1ccc(C#N)cc1.Cl. The quantitative estimate of drug-likeness (QED) is 0.148. The number of carboxylic acids is 1. The molecule has 0 aliphatic heterocycles. The van der Waals surface area contributed by atoms with E-state index in [2.05, 4.69) is 35.5 Å². The minimum atomic E-state index is -1.01. The van der Waals surface area contributed by atoms with E-state index < -0.39 is 11.8 Å². The molecule has 0 aliphatic rings. The number of amides is 1. The fourth-order valence-corrected chi connectivity index (χ4v) is 5.05. The number of carbonyl (C=O) groups excluding carboxylic acids is 1. The number of benzene rings is 3. The van der Waals surface area contributed by atoms with Gasteiger partial charge in [-0.1, -0.05) is 50.6 Å². The number of carboxylic acid groups (broad SMARTS) is 1. The summed E-state index contributed by atoms with van der Waals surface area (Å²) in [5, 5.41) is 25.0. The number of carbonyl (C=O) groups is 2. The van der Waals surface area contributed by atoms with Crippen molar-refractivity contribution in [3.63, 3.8) is 0 Å². The topological polar surface area (TPSA) is 123 Å². The van der Waals surface area contributed by atoms with Crippen LogP contribution in [-0.2, 0) is 24.3 Å². The number of hydrogen-bond donors (Lipinski definition) is 3. The zero-order valence-electron chi connectivity index (χ0n) is 25.5. The van der Waals surface area contributed by atoms with Crippen LogP contribution in [0, 0.1) is 23.1 Å². The van der Waals surface area contributed by atoms with Crippen molar-refractivity contribution in [2.75, 3.05) is 11.9 Å². The van der Waals surface area contributed by atoms with E-state index >= 15 is 0 Å². The number of aromatic nitrogens is 2. The van der Waals surface area contributed by atoms with E-state index in [4.69, 9.17) is 17.5 Å². The Balaban J connectivity index is 0.00000576. The van der Waals surface area contributed by atoms with Crippen molar-refractivity contribution < 1.29 is 19.1 Å². The van der Waals surface area contributed by atoms with Crippen molar-refractivity contribution in [2.45, 2.75) is 45.8 Å². The molecule has 0 saturated carbocycles. The molecule has 3 N–H and O–H groups in total. The third-order valence-corrected chi connectivity index (χ3v) is 7.97. The van der Waals surface area contributed by atoms with Crippen LogP contribution >= 0.6 is 24.6 Å². The molecule has 2 atom stereocenters. The monoisotopic (exact) mass is 662 g/mol. The Kier molecular flexibility index (Phi) is 13.2. The van der Waals surface area contributed by atoms with E-state index in [1.165, 1.54) is 24.3 Å². The number of anilines is 1. The maximum Gasteiger partial charge on any atom is 0.335 e. The molecule has 4 aromatic rings. The summed E-state index contributed by atoms with van der Waals surface area (Å²) in [6, 6.07) is 21.6. The van der Waals surface area contributed by atoms with Gasteiger partial charge in [-0.15, -0.1) is 12.4 Å². The first-order valence-corrected chi connectivity index (χ1v) is 15.0. The van der Waals surface area contributed by atoms with Crippen LogP contribution in [0.25, 0.3) is 0 Å². The average Bonchev–Trinajstić information content (AvgIpc) is 3.46. The molecular formula is C34H36ClFN6O3S. The molecule has 240 valence electrons. The largest absolute Gasteiger partial charge is 0.478 e. The lowest BCUT2D eigenvalue weighted by Gasteiger charge is -2.33. The lowest BCUT2D eigenvalue weighted by Crippen LogP contribution is -2.50. The summed E-state index contributed by atoms with van der Waals surface area (Å²) in [6.07, 6.45) is 4.27. The molecule has 46 heavy (non-hydrogen) atoms. The summed E-state index contributed by atoms with van der Waals surface area (Å²) < 4.78 is 15.8. The maximum atomic E-state index is 13.9. The van der Waals surface area contributed by atoms with Gasteiger partial charge < -0.3 is 25.2 Å².